The van der Waals surface area contributed by atoms with Gasteiger partial charge < -0.3 is 0 Å². The number of aromatic nitrogens is 2. The molecule has 1 saturated carbocycles. The summed E-state index contributed by atoms with van der Waals surface area (Å²) in [5.74, 6) is -0.362. The van der Waals surface area contributed by atoms with Crippen molar-refractivity contribution in [3.05, 3.63) is 58.4 Å². The van der Waals surface area contributed by atoms with Gasteiger partial charge in [-0.15, -0.1) is 0 Å². The molecule has 6 heteroatoms. The lowest BCUT2D eigenvalue weighted by atomic mass is 9.67. The highest BCUT2D eigenvalue weighted by atomic mass is 19.1. The summed E-state index contributed by atoms with van der Waals surface area (Å²) in [6, 6.07) is 4.73. The van der Waals surface area contributed by atoms with Gasteiger partial charge >= 0.3 is 0 Å². The summed E-state index contributed by atoms with van der Waals surface area (Å²) in [5, 5.41) is 9.32. The molecule has 0 saturated heterocycles. The number of carbonyl (C=O) groups is 1. The first-order chi connectivity index (χ1) is 12.0. The Bertz CT molecular complexity index is 851. The van der Waals surface area contributed by atoms with E-state index in [1.54, 1.807) is 30.7 Å². The molecule has 1 aromatic carbocycles. The Morgan fingerprint density at radius 2 is 2.16 bits per heavy atom. The largest absolute Gasteiger partial charge is 0.289 e. The molecule has 1 atom stereocenters. The van der Waals surface area contributed by atoms with Crippen molar-refractivity contribution in [2.75, 3.05) is 0 Å². The molecule has 1 heterocycles. The van der Waals surface area contributed by atoms with Gasteiger partial charge in [0.2, 0.25) is 0 Å². The van der Waals surface area contributed by atoms with Crippen molar-refractivity contribution in [3.63, 3.8) is 0 Å². The monoisotopic (exact) mass is 341 g/mol. The number of amides is 1. The molecule has 2 aliphatic carbocycles. The van der Waals surface area contributed by atoms with Crippen LogP contribution in [0.5, 0.6) is 0 Å². The van der Waals surface area contributed by atoms with E-state index in [1.165, 1.54) is 6.07 Å². The predicted octanol–water partition coefficient (Wildman–Crippen LogP) is 2.73. The fourth-order valence-corrected chi connectivity index (χ4v) is 3.88. The van der Waals surface area contributed by atoms with Gasteiger partial charge in [0, 0.05) is 18.5 Å². The third-order valence-corrected chi connectivity index (χ3v) is 5.52. The number of aryl methyl sites for hydroxylation is 1. The molecule has 1 unspecified atom stereocenters. The van der Waals surface area contributed by atoms with Gasteiger partial charge in [-0.2, -0.15) is 0 Å². The van der Waals surface area contributed by atoms with E-state index < -0.39 is 11.3 Å². The molecule has 2 aliphatic rings. The van der Waals surface area contributed by atoms with E-state index in [9.17, 15) is 14.4 Å². The quantitative estimate of drug-likeness (QED) is 0.665. The number of halogens is 1. The van der Waals surface area contributed by atoms with E-state index in [4.69, 9.17) is 4.98 Å². The molecule has 2 N–H and O–H groups in total. The van der Waals surface area contributed by atoms with Gasteiger partial charge in [-0.05, 0) is 49.8 Å². The number of hydroxylamine groups is 1. The van der Waals surface area contributed by atoms with E-state index in [0.717, 1.165) is 29.9 Å². The predicted molar refractivity (Wildman–Crippen MR) is 88.8 cm³/mol. The van der Waals surface area contributed by atoms with Crippen LogP contribution in [0.1, 0.15) is 53.4 Å². The number of hydrogen-bond donors (Lipinski definition) is 2. The number of nitrogens with zero attached hydrogens (tertiary/aromatic N) is 2. The fraction of sp³-hybridized carbons (Fsp3) is 0.421. The van der Waals surface area contributed by atoms with Crippen LogP contribution < -0.4 is 5.48 Å². The van der Waals surface area contributed by atoms with E-state index in [0.29, 0.717) is 36.3 Å². The molecular weight excluding hydrogens is 321 g/mol. The zero-order chi connectivity index (χ0) is 17.6. The molecule has 1 aromatic heterocycles. The lowest BCUT2D eigenvalue weighted by Gasteiger charge is -2.36. The minimum absolute atomic E-state index is 0.303. The van der Waals surface area contributed by atoms with E-state index >= 15 is 0 Å². The molecular formula is C19H20FN3O2. The SMILES string of the molecule is Cc1c(F)cccc1C1(C(=O)NO)CCc2nc(C3CC3)cnc2C1. The van der Waals surface area contributed by atoms with Crippen molar-refractivity contribution in [1.29, 1.82) is 0 Å². The number of hydrogen-bond acceptors (Lipinski definition) is 4. The van der Waals surface area contributed by atoms with Crippen LogP contribution in [0.25, 0.3) is 0 Å². The zero-order valence-electron chi connectivity index (χ0n) is 14.1. The van der Waals surface area contributed by atoms with Crippen molar-refractivity contribution in [1.82, 2.24) is 15.4 Å². The maximum Gasteiger partial charge on any atom is 0.254 e. The fourth-order valence-electron chi connectivity index (χ4n) is 3.88. The van der Waals surface area contributed by atoms with E-state index in [1.807, 2.05) is 0 Å². The average molecular weight is 341 g/mol. The highest BCUT2D eigenvalue weighted by Crippen LogP contribution is 2.42. The van der Waals surface area contributed by atoms with Crippen molar-refractivity contribution in [2.45, 2.75) is 50.4 Å². The summed E-state index contributed by atoms with van der Waals surface area (Å²) >= 11 is 0. The lowest BCUT2D eigenvalue weighted by molar-refractivity contribution is -0.136. The first-order valence-corrected chi connectivity index (χ1v) is 8.60. The third-order valence-electron chi connectivity index (χ3n) is 5.52. The minimum atomic E-state index is -1.04. The highest BCUT2D eigenvalue weighted by molar-refractivity contribution is 5.88. The van der Waals surface area contributed by atoms with Crippen LogP contribution >= 0.6 is 0 Å². The normalized spacial score (nSPS) is 22.4. The van der Waals surface area contributed by atoms with Gasteiger partial charge in [-0.1, -0.05) is 12.1 Å². The Kier molecular flexibility index (Phi) is 3.80. The summed E-state index contributed by atoms with van der Waals surface area (Å²) in [6.45, 7) is 1.66. The third kappa shape index (κ3) is 2.61. The Morgan fingerprint density at radius 1 is 1.36 bits per heavy atom. The molecule has 1 fully saturated rings. The lowest BCUT2D eigenvalue weighted by Crippen LogP contribution is -2.48. The number of benzene rings is 1. The van der Waals surface area contributed by atoms with Gasteiger partial charge in [0.15, 0.2) is 0 Å². The summed E-state index contributed by atoms with van der Waals surface area (Å²) in [4.78, 5) is 21.9. The summed E-state index contributed by atoms with van der Waals surface area (Å²) < 4.78 is 14.1. The van der Waals surface area contributed by atoms with E-state index in [2.05, 4.69) is 4.98 Å². The van der Waals surface area contributed by atoms with E-state index in [-0.39, 0.29) is 5.82 Å². The Morgan fingerprint density at radius 3 is 2.88 bits per heavy atom. The molecule has 130 valence electrons. The Balaban J connectivity index is 1.79. The highest BCUT2D eigenvalue weighted by Gasteiger charge is 2.45. The Labute approximate surface area is 145 Å². The zero-order valence-corrected chi connectivity index (χ0v) is 14.1. The molecule has 1 amide bonds. The minimum Gasteiger partial charge on any atom is -0.289 e. The number of nitrogens with one attached hydrogen (secondary N) is 1. The molecule has 0 radical (unpaired) electrons. The smallest absolute Gasteiger partial charge is 0.254 e. The topological polar surface area (TPSA) is 75.1 Å². The van der Waals surface area contributed by atoms with Gasteiger partial charge in [0.1, 0.15) is 5.82 Å². The van der Waals surface area contributed by atoms with Crippen LogP contribution in [0.15, 0.2) is 24.4 Å². The van der Waals surface area contributed by atoms with Crippen LogP contribution in [0.4, 0.5) is 4.39 Å². The molecule has 25 heavy (non-hydrogen) atoms. The van der Waals surface area contributed by atoms with Crippen LogP contribution in [0.2, 0.25) is 0 Å². The molecule has 0 aliphatic heterocycles. The van der Waals surface area contributed by atoms with Crippen LogP contribution in [0, 0.1) is 12.7 Å². The second-order valence-corrected chi connectivity index (χ2v) is 7.07. The molecule has 0 bridgehead atoms. The second kappa shape index (κ2) is 5.88. The average Bonchev–Trinajstić information content (AvgIpc) is 3.47. The second-order valence-electron chi connectivity index (χ2n) is 7.07. The molecule has 4 rings (SSSR count). The standard InChI is InChI=1S/C19H20FN3O2/c1-11-13(3-2-4-14(11)20)19(18(24)23-25)8-7-15-16(9-19)21-10-17(22-15)12-5-6-12/h2-4,10,12,25H,5-9H2,1H3,(H,23,24). The summed E-state index contributed by atoms with van der Waals surface area (Å²) in [7, 11) is 0. The summed E-state index contributed by atoms with van der Waals surface area (Å²) in [6.07, 6.45) is 5.45. The van der Waals surface area contributed by atoms with Crippen LogP contribution in [-0.2, 0) is 23.1 Å². The van der Waals surface area contributed by atoms with Crippen molar-refractivity contribution in [3.8, 4) is 0 Å². The first kappa shape index (κ1) is 16.1. The molecule has 2 aromatic rings. The van der Waals surface area contributed by atoms with Crippen LogP contribution in [-0.4, -0.2) is 21.1 Å². The van der Waals surface area contributed by atoms with Gasteiger partial charge in [0.05, 0.1) is 22.5 Å². The maximum absolute atomic E-state index is 14.1. The Hall–Kier alpha value is -2.34. The summed E-state index contributed by atoms with van der Waals surface area (Å²) in [5.41, 5.74) is 4.46. The van der Waals surface area contributed by atoms with Gasteiger partial charge in [-0.3, -0.25) is 20.0 Å². The molecule has 0 spiro atoms. The number of rotatable bonds is 3. The number of carbonyl (C=O) groups excluding carboxylic acids is 1. The number of fused-ring (bicyclic) bond motifs is 1. The van der Waals surface area contributed by atoms with Gasteiger partial charge in [-0.25, -0.2) is 9.87 Å². The maximum atomic E-state index is 14.1. The van der Waals surface area contributed by atoms with Crippen molar-refractivity contribution >= 4 is 5.91 Å². The van der Waals surface area contributed by atoms with Crippen molar-refractivity contribution < 1.29 is 14.4 Å². The van der Waals surface area contributed by atoms with Gasteiger partial charge in [0.25, 0.3) is 5.91 Å². The van der Waals surface area contributed by atoms with Crippen molar-refractivity contribution in [2.24, 2.45) is 0 Å². The molecule has 5 nitrogen and oxygen atoms in total. The van der Waals surface area contributed by atoms with Crippen LogP contribution in [0.3, 0.4) is 0 Å². The first-order valence-electron chi connectivity index (χ1n) is 8.60.